The second-order valence-electron chi connectivity index (χ2n) is 5.28. The molecule has 1 aliphatic heterocycles. The maximum Gasteiger partial charge on any atom is 0.232 e. The summed E-state index contributed by atoms with van der Waals surface area (Å²) in [6, 6.07) is 7.62. The molecule has 1 fully saturated rings. The molecule has 0 bridgehead atoms. The number of aromatic nitrogens is 3. The molecule has 0 amide bonds. The van der Waals surface area contributed by atoms with E-state index < -0.39 is 0 Å². The van der Waals surface area contributed by atoms with Crippen LogP contribution < -0.4 is 4.90 Å². The number of hydrogen-bond donors (Lipinski definition) is 0. The molecule has 0 aliphatic carbocycles. The molecule has 1 aromatic carbocycles. The first-order valence-electron chi connectivity index (χ1n) is 7.23. The number of anilines is 1. The molecule has 1 saturated heterocycles. The van der Waals surface area contributed by atoms with Gasteiger partial charge in [0, 0.05) is 18.1 Å². The van der Waals surface area contributed by atoms with Gasteiger partial charge in [0.25, 0.3) is 0 Å². The summed E-state index contributed by atoms with van der Waals surface area (Å²) in [4.78, 5) is 13.5. The minimum absolute atomic E-state index is 0.119. The average Bonchev–Trinajstić information content (AvgIpc) is 3.14. The van der Waals surface area contributed by atoms with Gasteiger partial charge < -0.3 is 4.90 Å². The van der Waals surface area contributed by atoms with Gasteiger partial charge in [0.05, 0.1) is 11.4 Å². The number of ketones is 1. The van der Waals surface area contributed by atoms with Gasteiger partial charge in [-0.1, -0.05) is 29.4 Å². The van der Waals surface area contributed by atoms with Crippen LogP contribution in [0.3, 0.4) is 0 Å². The molecule has 5 nitrogen and oxygen atoms in total. The summed E-state index contributed by atoms with van der Waals surface area (Å²) in [5.74, 6) is 1.33. The standard InChI is InChI=1S/C15H17ClN4OS/c1-11(21)10-22-15-18-17-14(19-7-2-3-8-19)20(15)13-6-4-5-12(16)9-13/h4-6,9H,2-3,7-8,10H2,1H3. The van der Waals surface area contributed by atoms with Crippen molar-refractivity contribution in [3.63, 3.8) is 0 Å². The molecule has 0 atom stereocenters. The third-order valence-electron chi connectivity index (χ3n) is 3.48. The Kier molecular flexibility index (Phi) is 4.69. The zero-order valence-corrected chi connectivity index (χ0v) is 13.9. The van der Waals surface area contributed by atoms with Crippen molar-refractivity contribution in [1.29, 1.82) is 0 Å². The van der Waals surface area contributed by atoms with Gasteiger partial charge in [-0.2, -0.15) is 0 Å². The summed E-state index contributed by atoms with van der Waals surface area (Å²) in [6.07, 6.45) is 2.33. The number of carbonyl (C=O) groups excluding carboxylic acids is 1. The maximum absolute atomic E-state index is 11.3. The number of halogens is 1. The molecule has 1 aliphatic rings. The third kappa shape index (κ3) is 3.28. The van der Waals surface area contributed by atoms with E-state index in [1.54, 1.807) is 6.92 Å². The molecule has 2 aromatic rings. The van der Waals surface area contributed by atoms with Crippen LogP contribution in [-0.4, -0.2) is 39.4 Å². The Balaban J connectivity index is 2.01. The predicted octanol–water partition coefficient (Wildman–Crippen LogP) is 3.20. The topological polar surface area (TPSA) is 51.0 Å². The highest BCUT2D eigenvalue weighted by Crippen LogP contribution is 2.29. The number of nitrogens with zero attached hydrogens (tertiary/aromatic N) is 4. The van der Waals surface area contributed by atoms with Crippen molar-refractivity contribution in [3.8, 4) is 5.69 Å². The van der Waals surface area contributed by atoms with E-state index in [0.29, 0.717) is 10.8 Å². The van der Waals surface area contributed by atoms with E-state index in [0.717, 1.165) is 29.9 Å². The van der Waals surface area contributed by atoms with Gasteiger partial charge in [0.2, 0.25) is 5.95 Å². The molecule has 0 unspecified atom stereocenters. The second kappa shape index (κ2) is 6.71. The minimum Gasteiger partial charge on any atom is -0.341 e. The number of carbonyl (C=O) groups is 1. The van der Waals surface area contributed by atoms with Crippen LogP contribution in [0, 0.1) is 0 Å². The van der Waals surface area contributed by atoms with Crippen LogP contribution in [0.25, 0.3) is 5.69 Å². The van der Waals surface area contributed by atoms with Crippen LogP contribution in [0.15, 0.2) is 29.4 Å². The monoisotopic (exact) mass is 336 g/mol. The quantitative estimate of drug-likeness (QED) is 0.785. The summed E-state index contributed by atoms with van der Waals surface area (Å²) >= 11 is 7.53. The normalized spacial score (nSPS) is 14.5. The summed E-state index contributed by atoms with van der Waals surface area (Å²) < 4.78 is 1.99. The molecule has 0 saturated carbocycles. The largest absolute Gasteiger partial charge is 0.341 e. The van der Waals surface area contributed by atoms with Crippen LogP contribution in [0.4, 0.5) is 5.95 Å². The van der Waals surface area contributed by atoms with E-state index in [1.165, 1.54) is 24.6 Å². The molecule has 1 aromatic heterocycles. The van der Waals surface area contributed by atoms with Gasteiger partial charge in [-0.3, -0.25) is 9.36 Å². The van der Waals surface area contributed by atoms with E-state index in [4.69, 9.17) is 11.6 Å². The second-order valence-corrected chi connectivity index (χ2v) is 6.66. The zero-order valence-electron chi connectivity index (χ0n) is 12.3. The first-order chi connectivity index (χ1) is 10.6. The van der Waals surface area contributed by atoms with E-state index in [2.05, 4.69) is 15.1 Å². The Hall–Kier alpha value is -1.53. The average molecular weight is 337 g/mol. The Morgan fingerprint density at radius 1 is 1.32 bits per heavy atom. The number of hydrogen-bond acceptors (Lipinski definition) is 5. The van der Waals surface area contributed by atoms with E-state index in [-0.39, 0.29) is 5.78 Å². The van der Waals surface area contributed by atoms with Gasteiger partial charge >= 0.3 is 0 Å². The number of rotatable bonds is 5. The van der Waals surface area contributed by atoms with Crippen LogP contribution >= 0.6 is 23.4 Å². The van der Waals surface area contributed by atoms with Gasteiger partial charge in [0.15, 0.2) is 5.16 Å². The third-order valence-corrected chi connectivity index (χ3v) is 4.78. The molecule has 0 N–H and O–H groups in total. The van der Waals surface area contributed by atoms with Crippen LogP contribution in [-0.2, 0) is 4.79 Å². The van der Waals surface area contributed by atoms with E-state index in [1.807, 2.05) is 28.8 Å². The highest BCUT2D eigenvalue weighted by molar-refractivity contribution is 7.99. The van der Waals surface area contributed by atoms with Crippen LogP contribution in [0.5, 0.6) is 0 Å². The van der Waals surface area contributed by atoms with Gasteiger partial charge in [-0.15, -0.1) is 10.2 Å². The Labute approximate surface area is 138 Å². The molecule has 2 heterocycles. The minimum atomic E-state index is 0.119. The molecular weight excluding hydrogens is 320 g/mol. The van der Waals surface area contributed by atoms with Crippen molar-refractivity contribution in [3.05, 3.63) is 29.3 Å². The van der Waals surface area contributed by atoms with Crippen molar-refractivity contribution in [1.82, 2.24) is 14.8 Å². The fraction of sp³-hybridized carbons (Fsp3) is 0.400. The maximum atomic E-state index is 11.3. The van der Waals surface area contributed by atoms with E-state index >= 15 is 0 Å². The Bertz CT molecular complexity index is 682. The number of Topliss-reactive ketones (excluding diaryl/α,β-unsaturated/α-hetero) is 1. The fourth-order valence-corrected chi connectivity index (χ4v) is 3.42. The molecule has 116 valence electrons. The lowest BCUT2D eigenvalue weighted by molar-refractivity contribution is -0.114. The highest BCUT2D eigenvalue weighted by atomic mass is 35.5. The van der Waals surface area contributed by atoms with Crippen molar-refractivity contribution in [2.45, 2.75) is 24.9 Å². The van der Waals surface area contributed by atoms with Crippen LogP contribution in [0.1, 0.15) is 19.8 Å². The van der Waals surface area contributed by atoms with Crippen molar-refractivity contribution in [2.24, 2.45) is 0 Å². The molecular formula is C15H17ClN4OS. The van der Waals surface area contributed by atoms with E-state index in [9.17, 15) is 4.79 Å². The SMILES string of the molecule is CC(=O)CSc1nnc(N2CCCC2)n1-c1cccc(Cl)c1. The molecule has 3 rings (SSSR count). The zero-order chi connectivity index (χ0) is 15.5. The lowest BCUT2D eigenvalue weighted by atomic mass is 10.3. The first-order valence-corrected chi connectivity index (χ1v) is 8.60. The summed E-state index contributed by atoms with van der Waals surface area (Å²) in [5.41, 5.74) is 0.922. The molecule has 22 heavy (non-hydrogen) atoms. The summed E-state index contributed by atoms with van der Waals surface area (Å²) in [7, 11) is 0. The smallest absolute Gasteiger partial charge is 0.232 e. The lowest BCUT2D eigenvalue weighted by Crippen LogP contribution is -2.22. The summed E-state index contributed by atoms with van der Waals surface area (Å²) in [5, 5.41) is 10.0. The Morgan fingerprint density at radius 3 is 2.77 bits per heavy atom. The van der Waals surface area contributed by atoms with Gasteiger partial charge in [-0.05, 0) is 38.0 Å². The lowest BCUT2D eigenvalue weighted by Gasteiger charge is -2.18. The molecule has 0 radical (unpaired) electrons. The summed E-state index contributed by atoms with van der Waals surface area (Å²) in [6.45, 7) is 3.54. The number of thioether (sulfide) groups is 1. The first kappa shape index (κ1) is 15.4. The predicted molar refractivity (Wildman–Crippen MR) is 89.2 cm³/mol. The van der Waals surface area contributed by atoms with Gasteiger partial charge in [-0.25, -0.2) is 0 Å². The molecule has 7 heteroatoms. The Morgan fingerprint density at radius 2 is 2.09 bits per heavy atom. The number of benzene rings is 1. The fourth-order valence-electron chi connectivity index (χ4n) is 2.49. The van der Waals surface area contributed by atoms with Crippen molar-refractivity contribution < 1.29 is 4.79 Å². The van der Waals surface area contributed by atoms with Crippen molar-refractivity contribution >= 4 is 35.1 Å². The van der Waals surface area contributed by atoms with Crippen LogP contribution in [0.2, 0.25) is 5.02 Å². The van der Waals surface area contributed by atoms with Crippen molar-refractivity contribution in [2.75, 3.05) is 23.7 Å². The van der Waals surface area contributed by atoms with Gasteiger partial charge in [0.1, 0.15) is 5.78 Å². The molecule has 0 spiro atoms. The highest BCUT2D eigenvalue weighted by Gasteiger charge is 2.22.